The third-order valence-corrected chi connectivity index (χ3v) is 5.37. The fourth-order valence-electron chi connectivity index (χ4n) is 3.90. The molecule has 0 unspecified atom stereocenters. The van der Waals surface area contributed by atoms with Gasteiger partial charge in [0.1, 0.15) is 12.3 Å². The molecular weight excluding hydrogens is 384 g/mol. The summed E-state index contributed by atoms with van der Waals surface area (Å²) in [6, 6.07) is 17.4. The number of ether oxygens (including phenoxy) is 1. The topological polar surface area (TPSA) is 103 Å². The molecule has 0 aliphatic carbocycles. The number of carbonyl (C=O) groups is 3. The smallest absolute Gasteiger partial charge is 0.325 e. The molecule has 0 radical (unpaired) electrons. The zero-order valence-electron chi connectivity index (χ0n) is 16.2. The lowest BCUT2D eigenvalue weighted by Gasteiger charge is -2.33. The Morgan fingerprint density at radius 3 is 2.67 bits per heavy atom. The Morgan fingerprint density at radius 2 is 1.90 bits per heavy atom. The summed E-state index contributed by atoms with van der Waals surface area (Å²) in [5, 5.41) is 11.7. The van der Waals surface area contributed by atoms with Crippen molar-refractivity contribution >= 4 is 23.5 Å². The van der Waals surface area contributed by atoms with Gasteiger partial charge in [0.05, 0.1) is 19.1 Å². The maximum atomic E-state index is 13.3. The molecule has 1 saturated heterocycles. The van der Waals surface area contributed by atoms with E-state index in [0.29, 0.717) is 17.0 Å². The minimum Gasteiger partial charge on any atom is -0.493 e. The zero-order chi connectivity index (χ0) is 21.1. The molecule has 1 N–H and O–H groups in total. The van der Waals surface area contributed by atoms with Gasteiger partial charge < -0.3 is 15.0 Å². The molecule has 0 bridgehead atoms. The van der Waals surface area contributed by atoms with Gasteiger partial charge in [0.15, 0.2) is 5.54 Å². The molecule has 1 atom stereocenters. The van der Waals surface area contributed by atoms with Crippen LogP contribution in [0, 0.1) is 11.3 Å². The molecule has 4 rings (SSSR count). The van der Waals surface area contributed by atoms with E-state index in [0.717, 1.165) is 4.90 Å². The van der Waals surface area contributed by atoms with Crippen LogP contribution in [0.3, 0.4) is 0 Å². The number of urea groups is 1. The molecule has 2 aliphatic rings. The fraction of sp³-hybridized carbons (Fsp3) is 0.273. The number of hydrogen-bond donors (Lipinski definition) is 1. The quantitative estimate of drug-likeness (QED) is 0.770. The molecule has 30 heavy (non-hydrogen) atoms. The van der Waals surface area contributed by atoms with Crippen LogP contribution >= 0.6 is 0 Å². The highest BCUT2D eigenvalue weighted by Crippen LogP contribution is 2.40. The first kappa shape index (κ1) is 19.5. The van der Waals surface area contributed by atoms with Crippen LogP contribution in [0.4, 0.5) is 10.5 Å². The second kappa shape index (κ2) is 7.87. The van der Waals surface area contributed by atoms with Crippen LogP contribution in [0.15, 0.2) is 54.6 Å². The van der Waals surface area contributed by atoms with Crippen LogP contribution < -0.4 is 15.0 Å². The van der Waals surface area contributed by atoms with Crippen molar-refractivity contribution < 1.29 is 19.1 Å². The fourth-order valence-corrected chi connectivity index (χ4v) is 3.90. The molecule has 2 aromatic rings. The molecule has 152 valence electrons. The Kier molecular flexibility index (Phi) is 5.11. The maximum Gasteiger partial charge on any atom is 0.325 e. The van der Waals surface area contributed by atoms with Crippen LogP contribution in [-0.2, 0) is 15.1 Å². The molecule has 8 nitrogen and oxygen atoms in total. The number of amides is 4. The summed E-state index contributed by atoms with van der Waals surface area (Å²) >= 11 is 0. The lowest BCUT2D eigenvalue weighted by Crippen LogP contribution is -2.48. The molecule has 2 heterocycles. The Bertz CT molecular complexity index is 1030. The highest BCUT2D eigenvalue weighted by Gasteiger charge is 2.55. The Morgan fingerprint density at radius 1 is 1.17 bits per heavy atom. The number of hydrogen-bond acceptors (Lipinski definition) is 5. The average Bonchev–Trinajstić information content (AvgIpc) is 3.00. The average molecular weight is 404 g/mol. The Balaban J connectivity index is 1.59. The Labute approximate surface area is 173 Å². The van der Waals surface area contributed by atoms with E-state index in [1.54, 1.807) is 48.5 Å². The third-order valence-electron chi connectivity index (χ3n) is 5.37. The van der Waals surface area contributed by atoms with Crippen molar-refractivity contribution in [2.45, 2.75) is 18.4 Å². The van der Waals surface area contributed by atoms with Gasteiger partial charge in [0, 0.05) is 24.2 Å². The van der Waals surface area contributed by atoms with Crippen molar-refractivity contribution in [3.8, 4) is 11.8 Å². The summed E-state index contributed by atoms with van der Waals surface area (Å²) in [6.45, 7) is 0.0453. The van der Waals surface area contributed by atoms with Crippen LogP contribution in [-0.4, -0.2) is 42.4 Å². The van der Waals surface area contributed by atoms with Crippen molar-refractivity contribution in [2.75, 3.05) is 24.6 Å². The van der Waals surface area contributed by atoms with E-state index < -0.39 is 29.9 Å². The number of nitriles is 1. The summed E-state index contributed by atoms with van der Waals surface area (Å²) in [6.07, 6.45) is 0.422. The number of rotatable bonds is 5. The van der Waals surface area contributed by atoms with Crippen LogP contribution in [0.2, 0.25) is 0 Å². The summed E-state index contributed by atoms with van der Waals surface area (Å²) in [5.41, 5.74) is -0.0268. The molecule has 0 aromatic heterocycles. The first-order valence-electron chi connectivity index (χ1n) is 9.65. The number of anilines is 1. The van der Waals surface area contributed by atoms with Crippen molar-refractivity contribution in [3.63, 3.8) is 0 Å². The first-order valence-corrected chi connectivity index (χ1v) is 9.65. The third kappa shape index (κ3) is 3.24. The van der Waals surface area contributed by atoms with Gasteiger partial charge in [-0.3, -0.25) is 14.5 Å². The second-order valence-corrected chi connectivity index (χ2v) is 7.11. The summed E-state index contributed by atoms with van der Waals surface area (Å²) in [7, 11) is 0. The predicted molar refractivity (Wildman–Crippen MR) is 108 cm³/mol. The monoisotopic (exact) mass is 404 g/mol. The second-order valence-electron chi connectivity index (χ2n) is 7.11. The molecule has 1 spiro atoms. The lowest BCUT2D eigenvalue weighted by molar-refractivity contribution is -0.135. The van der Waals surface area contributed by atoms with Gasteiger partial charge in [-0.2, -0.15) is 5.26 Å². The molecule has 8 heteroatoms. The van der Waals surface area contributed by atoms with Crippen molar-refractivity contribution in [1.82, 2.24) is 10.2 Å². The zero-order valence-corrected chi connectivity index (χ0v) is 16.2. The number of para-hydroxylation sites is 2. The normalized spacial score (nSPS) is 19.6. The summed E-state index contributed by atoms with van der Waals surface area (Å²) in [5.74, 6) is -0.354. The van der Waals surface area contributed by atoms with Gasteiger partial charge in [-0.25, -0.2) is 4.79 Å². The van der Waals surface area contributed by atoms with E-state index in [9.17, 15) is 14.4 Å². The number of benzene rings is 2. The molecule has 2 aromatic carbocycles. The van der Waals surface area contributed by atoms with E-state index in [1.807, 2.05) is 12.1 Å². The predicted octanol–water partition coefficient (Wildman–Crippen LogP) is 2.16. The maximum absolute atomic E-state index is 13.3. The molecule has 2 aliphatic heterocycles. The van der Waals surface area contributed by atoms with Crippen LogP contribution in [0.1, 0.15) is 18.4 Å². The number of fused-ring (bicyclic) bond motifs is 2. The molecule has 1 fully saturated rings. The van der Waals surface area contributed by atoms with Gasteiger partial charge in [-0.15, -0.1) is 0 Å². The minimum atomic E-state index is -1.23. The standard InChI is InChI=1S/C22H20N4O4/c23-12-6-13-25(16-7-2-1-3-8-16)19(27)15-26-20(28)22(24-21(26)29)11-14-30-18-10-5-4-9-17(18)22/h1-5,7-10H,6,11,13-15H2,(H,24,29)/t22-/m1/s1. The van der Waals surface area contributed by atoms with Crippen LogP contribution in [0.5, 0.6) is 5.75 Å². The number of imide groups is 1. The van der Waals surface area contributed by atoms with E-state index in [4.69, 9.17) is 10.00 Å². The van der Waals surface area contributed by atoms with Gasteiger partial charge in [-0.1, -0.05) is 36.4 Å². The van der Waals surface area contributed by atoms with E-state index >= 15 is 0 Å². The summed E-state index contributed by atoms with van der Waals surface area (Å²) < 4.78 is 5.62. The van der Waals surface area contributed by atoms with Gasteiger partial charge >= 0.3 is 6.03 Å². The number of nitrogens with one attached hydrogen (secondary N) is 1. The van der Waals surface area contributed by atoms with E-state index in [1.165, 1.54) is 4.90 Å². The van der Waals surface area contributed by atoms with Crippen molar-refractivity contribution in [1.29, 1.82) is 5.26 Å². The van der Waals surface area contributed by atoms with Gasteiger partial charge in [-0.05, 0) is 18.2 Å². The number of carbonyl (C=O) groups excluding carboxylic acids is 3. The Hall–Kier alpha value is -3.86. The van der Waals surface area contributed by atoms with Gasteiger partial charge in [0.2, 0.25) is 5.91 Å². The van der Waals surface area contributed by atoms with Crippen LogP contribution in [0.25, 0.3) is 0 Å². The lowest BCUT2D eigenvalue weighted by atomic mass is 9.84. The molecule has 4 amide bonds. The number of nitrogens with zero attached hydrogens (tertiary/aromatic N) is 3. The van der Waals surface area contributed by atoms with Crippen molar-refractivity contribution in [2.24, 2.45) is 0 Å². The van der Waals surface area contributed by atoms with E-state index in [2.05, 4.69) is 5.32 Å². The molecule has 0 saturated carbocycles. The SMILES string of the molecule is N#CCCN(C(=O)CN1C(=O)N[C@@]2(CCOc3ccccc32)C1=O)c1ccccc1. The largest absolute Gasteiger partial charge is 0.493 e. The minimum absolute atomic E-state index is 0.134. The summed E-state index contributed by atoms with van der Waals surface area (Å²) in [4.78, 5) is 41.4. The van der Waals surface area contributed by atoms with E-state index in [-0.39, 0.29) is 26.0 Å². The van der Waals surface area contributed by atoms with Gasteiger partial charge in [0.25, 0.3) is 5.91 Å². The van der Waals surface area contributed by atoms with Crippen molar-refractivity contribution in [3.05, 3.63) is 60.2 Å². The molecular formula is C22H20N4O4. The highest BCUT2D eigenvalue weighted by molar-refractivity contribution is 6.11. The highest BCUT2D eigenvalue weighted by atomic mass is 16.5. The first-order chi connectivity index (χ1) is 14.6.